The van der Waals surface area contributed by atoms with E-state index in [4.69, 9.17) is 32.7 Å². The minimum atomic E-state index is -4.58. The molecule has 2 aromatic rings. The highest BCUT2D eigenvalue weighted by atomic mass is 35.5. The van der Waals surface area contributed by atoms with Crippen LogP contribution >= 0.6 is 35.0 Å². The van der Waals surface area contributed by atoms with Gasteiger partial charge in [-0.15, -0.1) is 11.8 Å². The molecule has 0 N–H and O–H groups in total. The van der Waals surface area contributed by atoms with Crippen LogP contribution in [0.4, 0.5) is 22.8 Å². The van der Waals surface area contributed by atoms with Crippen LogP contribution in [0.1, 0.15) is 82.7 Å². The number of amides is 2. The third kappa shape index (κ3) is 6.83. The SMILES string of the molecule is CC(C)(C)OC(=O)N(C(=O)OC(C)(C)C)C1CCc2cc(C3=CSC(c4cc(Cl)cc(Cl)c4)(C(F)(F)F)C3)ccc21. The highest BCUT2D eigenvalue weighted by Crippen LogP contribution is 2.60. The van der Waals surface area contributed by atoms with E-state index in [1.807, 2.05) is 6.07 Å². The Labute approximate surface area is 252 Å². The number of imide groups is 1. The number of fused-ring (bicyclic) bond motifs is 1. The first-order valence-electron chi connectivity index (χ1n) is 13.1. The number of benzene rings is 2. The summed E-state index contributed by atoms with van der Waals surface area (Å²) < 4.78 is 52.5. The van der Waals surface area contributed by atoms with E-state index in [1.54, 1.807) is 53.7 Å². The van der Waals surface area contributed by atoms with Crippen LogP contribution in [-0.2, 0) is 20.6 Å². The summed E-state index contributed by atoms with van der Waals surface area (Å²) in [5.74, 6) is 0. The van der Waals surface area contributed by atoms with E-state index >= 15 is 0 Å². The second-order valence-electron chi connectivity index (χ2n) is 12.2. The molecule has 4 rings (SSSR count). The molecular weight excluding hydrogens is 598 g/mol. The summed E-state index contributed by atoms with van der Waals surface area (Å²) >= 11 is 12.8. The van der Waals surface area contributed by atoms with Crippen molar-refractivity contribution in [3.63, 3.8) is 0 Å². The Kier molecular flexibility index (Phi) is 8.51. The van der Waals surface area contributed by atoms with Gasteiger partial charge in [0.1, 0.15) is 15.9 Å². The van der Waals surface area contributed by atoms with Gasteiger partial charge in [0.15, 0.2) is 0 Å². The van der Waals surface area contributed by atoms with Crippen molar-refractivity contribution in [1.29, 1.82) is 0 Å². The maximum absolute atomic E-state index is 14.6. The van der Waals surface area contributed by atoms with Crippen molar-refractivity contribution in [2.45, 2.75) is 89.0 Å². The molecule has 2 aliphatic rings. The normalized spacial score (nSPS) is 20.9. The lowest BCUT2D eigenvalue weighted by Crippen LogP contribution is -2.45. The summed E-state index contributed by atoms with van der Waals surface area (Å²) in [5.41, 5.74) is 1.03. The molecule has 0 fully saturated rings. The monoisotopic (exact) mass is 629 g/mol. The van der Waals surface area contributed by atoms with Crippen LogP contribution in [0.3, 0.4) is 0 Å². The second kappa shape index (κ2) is 11.0. The molecule has 2 amide bonds. The summed E-state index contributed by atoms with van der Waals surface area (Å²) in [5, 5.41) is 1.80. The molecule has 0 radical (unpaired) electrons. The van der Waals surface area contributed by atoms with E-state index in [0.29, 0.717) is 35.7 Å². The average molecular weight is 631 g/mol. The molecule has 0 bridgehead atoms. The van der Waals surface area contributed by atoms with Gasteiger partial charge in [0.05, 0.1) is 6.04 Å². The number of ether oxygens (including phenoxy) is 2. The molecule has 1 heterocycles. The van der Waals surface area contributed by atoms with Crippen LogP contribution in [0.15, 0.2) is 41.8 Å². The lowest BCUT2D eigenvalue weighted by Gasteiger charge is -2.32. The van der Waals surface area contributed by atoms with Crippen LogP contribution in [0.25, 0.3) is 5.57 Å². The summed E-state index contributed by atoms with van der Waals surface area (Å²) in [6.45, 7) is 10.2. The minimum absolute atomic E-state index is 0.00895. The Bertz CT molecular complexity index is 1350. The van der Waals surface area contributed by atoms with Crippen molar-refractivity contribution in [2.24, 2.45) is 0 Å². The number of carbonyl (C=O) groups excluding carboxylic acids is 2. The zero-order valence-electron chi connectivity index (χ0n) is 23.6. The maximum atomic E-state index is 14.6. The van der Waals surface area contributed by atoms with Crippen molar-refractivity contribution >= 4 is 52.7 Å². The number of allylic oxidation sites excluding steroid dienone is 1. The van der Waals surface area contributed by atoms with Crippen molar-refractivity contribution in [2.75, 3.05) is 0 Å². The van der Waals surface area contributed by atoms with Gasteiger partial charge < -0.3 is 9.47 Å². The van der Waals surface area contributed by atoms with Crippen LogP contribution in [0.2, 0.25) is 10.0 Å². The van der Waals surface area contributed by atoms with E-state index < -0.39 is 40.4 Å². The first kappa shape index (κ1) is 31.6. The molecule has 0 saturated heterocycles. The fourth-order valence-electron chi connectivity index (χ4n) is 5.00. The summed E-state index contributed by atoms with van der Waals surface area (Å²) in [6.07, 6.45) is -5.57. The van der Waals surface area contributed by atoms with Gasteiger partial charge in [0, 0.05) is 16.5 Å². The van der Waals surface area contributed by atoms with E-state index in [1.165, 1.54) is 23.6 Å². The Morgan fingerprint density at radius 3 is 2.00 bits per heavy atom. The number of aryl methyl sites for hydroxylation is 1. The standard InChI is InChI=1S/C30H32Cl2F3NO4S/c1-27(2,3)39-25(37)36(26(38)40-28(4,5)6)24-10-8-18-11-17(7-9-23(18)24)19-15-29(41-16-19,30(33,34)35)20-12-21(31)14-22(32)13-20/h7,9,11-14,16,24H,8,10,15H2,1-6H3. The lowest BCUT2D eigenvalue weighted by molar-refractivity contribution is -0.160. The smallest absolute Gasteiger partial charge is 0.420 e. The Morgan fingerprint density at radius 1 is 0.927 bits per heavy atom. The summed E-state index contributed by atoms with van der Waals surface area (Å²) in [7, 11) is 0. The number of hydrogen-bond donors (Lipinski definition) is 0. The first-order valence-corrected chi connectivity index (χ1v) is 14.7. The average Bonchev–Trinajstić information content (AvgIpc) is 3.41. The molecule has 2 aromatic carbocycles. The van der Waals surface area contributed by atoms with Gasteiger partial charge in [-0.2, -0.15) is 13.2 Å². The zero-order chi connectivity index (χ0) is 30.5. The highest BCUT2D eigenvalue weighted by Gasteiger charge is 2.58. The third-order valence-corrected chi connectivity index (χ3v) is 8.53. The minimum Gasteiger partial charge on any atom is -0.443 e. The van der Waals surface area contributed by atoms with E-state index in [-0.39, 0.29) is 22.0 Å². The molecule has 1 aliphatic heterocycles. The molecule has 11 heteroatoms. The molecule has 1 aliphatic carbocycles. The molecule has 2 atom stereocenters. The molecular formula is C30H32Cl2F3NO4S. The molecule has 0 spiro atoms. The molecule has 2 unspecified atom stereocenters. The van der Waals surface area contributed by atoms with Gasteiger partial charge in [0.25, 0.3) is 0 Å². The van der Waals surface area contributed by atoms with E-state index in [0.717, 1.165) is 16.0 Å². The lowest BCUT2D eigenvalue weighted by atomic mass is 9.87. The van der Waals surface area contributed by atoms with Gasteiger partial charge >= 0.3 is 18.4 Å². The van der Waals surface area contributed by atoms with Crippen molar-refractivity contribution in [3.8, 4) is 0 Å². The molecule has 0 aromatic heterocycles. The van der Waals surface area contributed by atoms with Gasteiger partial charge in [-0.1, -0.05) is 41.4 Å². The number of hydrogen-bond acceptors (Lipinski definition) is 5. The van der Waals surface area contributed by atoms with Crippen LogP contribution in [0, 0.1) is 0 Å². The second-order valence-corrected chi connectivity index (χ2v) is 14.3. The van der Waals surface area contributed by atoms with E-state index in [2.05, 4.69) is 0 Å². The first-order chi connectivity index (χ1) is 18.8. The van der Waals surface area contributed by atoms with Gasteiger partial charge in [-0.05, 0) is 106 Å². The zero-order valence-corrected chi connectivity index (χ0v) is 25.9. The number of rotatable bonds is 3. The Hall–Kier alpha value is -2.36. The van der Waals surface area contributed by atoms with Crippen molar-refractivity contribution in [1.82, 2.24) is 4.90 Å². The molecule has 41 heavy (non-hydrogen) atoms. The number of halogens is 5. The van der Waals surface area contributed by atoms with Crippen molar-refractivity contribution < 1.29 is 32.2 Å². The van der Waals surface area contributed by atoms with Crippen LogP contribution in [0.5, 0.6) is 0 Å². The fraction of sp³-hybridized carbons (Fsp3) is 0.467. The topological polar surface area (TPSA) is 55.8 Å². The predicted octanol–water partition coefficient (Wildman–Crippen LogP) is 10.1. The quantitative estimate of drug-likeness (QED) is 0.338. The van der Waals surface area contributed by atoms with Gasteiger partial charge in [-0.25, -0.2) is 14.5 Å². The number of alkyl halides is 3. The van der Waals surface area contributed by atoms with Crippen LogP contribution < -0.4 is 0 Å². The fourth-order valence-corrected chi connectivity index (χ4v) is 6.71. The van der Waals surface area contributed by atoms with Gasteiger partial charge in [-0.3, -0.25) is 0 Å². The molecule has 0 saturated carbocycles. The predicted molar refractivity (Wildman–Crippen MR) is 156 cm³/mol. The largest absolute Gasteiger partial charge is 0.443 e. The Balaban J connectivity index is 1.65. The molecule has 222 valence electrons. The number of carbonyl (C=O) groups is 2. The maximum Gasteiger partial charge on any atom is 0.420 e. The van der Waals surface area contributed by atoms with Gasteiger partial charge in [0.2, 0.25) is 0 Å². The van der Waals surface area contributed by atoms with Crippen molar-refractivity contribution in [3.05, 3.63) is 74.1 Å². The summed E-state index contributed by atoms with van der Waals surface area (Å²) in [6, 6.07) is 8.70. The molecule has 5 nitrogen and oxygen atoms in total. The summed E-state index contributed by atoms with van der Waals surface area (Å²) in [4.78, 5) is 27.3. The Morgan fingerprint density at radius 2 is 1.49 bits per heavy atom. The van der Waals surface area contributed by atoms with Crippen LogP contribution in [-0.4, -0.2) is 34.5 Å². The third-order valence-electron chi connectivity index (χ3n) is 6.68. The van der Waals surface area contributed by atoms with E-state index in [9.17, 15) is 22.8 Å². The highest BCUT2D eigenvalue weighted by molar-refractivity contribution is 8.03. The number of thioether (sulfide) groups is 1. The number of nitrogens with zero attached hydrogens (tertiary/aromatic N) is 1.